The molecule has 7 heteroatoms. The molecule has 0 aliphatic rings. The highest BCUT2D eigenvalue weighted by atomic mass is 32.2. The largest absolute Gasteiger partial charge is 0.472 e. The molecule has 0 bridgehead atoms. The van der Waals surface area contributed by atoms with E-state index in [0.717, 1.165) is 10.5 Å². The first kappa shape index (κ1) is 13.3. The van der Waals surface area contributed by atoms with Gasteiger partial charge in [0.25, 0.3) is 0 Å². The molecule has 0 radical (unpaired) electrons. The number of nitrogens with two attached hydrogens (primary N) is 1. The lowest BCUT2D eigenvalue weighted by Crippen LogP contribution is -2.15. The number of hydrogen-bond donors (Lipinski definition) is 2. The van der Waals surface area contributed by atoms with Gasteiger partial charge in [-0.1, -0.05) is 11.2 Å². The molecule has 1 aromatic heterocycles. The Morgan fingerprint density at radius 3 is 2.89 bits per heavy atom. The number of nitrogens with zero attached hydrogens (tertiary/aromatic N) is 2. The Balaban J connectivity index is 2.25. The van der Waals surface area contributed by atoms with Crippen molar-refractivity contribution in [1.82, 2.24) is 9.94 Å². The predicted molar refractivity (Wildman–Crippen MR) is 70.5 cm³/mol. The number of carbonyl (C=O) groups is 1. The number of carbonyl (C=O) groups excluding carboxylic acids is 1. The Kier molecular flexibility index (Phi) is 3.96. The van der Waals surface area contributed by atoms with Gasteiger partial charge < -0.3 is 15.7 Å². The van der Waals surface area contributed by atoms with Gasteiger partial charge in [-0.25, -0.2) is 0 Å². The molecule has 1 aromatic carbocycles. The van der Waals surface area contributed by atoms with Gasteiger partial charge in [-0.15, -0.1) is 16.6 Å². The molecule has 0 unspecified atom stereocenters. The molecule has 0 fully saturated rings. The van der Waals surface area contributed by atoms with Gasteiger partial charge in [0.15, 0.2) is 0 Å². The molecule has 1 heterocycles. The Hall–Kier alpha value is -2.15. The van der Waals surface area contributed by atoms with E-state index in [1.807, 2.05) is 12.3 Å². The molecule has 100 valence electrons. The Labute approximate surface area is 114 Å². The minimum Gasteiger partial charge on any atom is -0.472 e. The molecule has 6 nitrogen and oxygen atoms in total. The molecular weight excluding hydrogens is 266 g/mol. The highest BCUT2D eigenvalue weighted by Gasteiger charge is 2.13. The zero-order valence-corrected chi connectivity index (χ0v) is 11.1. The van der Waals surface area contributed by atoms with Gasteiger partial charge in [0.1, 0.15) is 6.61 Å². The van der Waals surface area contributed by atoms with Crippen LogP contribution in [0.3, 0.4) is 0 Å². The standard InChI is InChI=1S/C12H13N3O3S/c1-19-10-4-2-3-8(12(13)16)9(10)7-18-11-5-6-15(17)14-11/h2-6,17H,7H2,1H3,(H2,13,16). The molecule has 2 rings (SSSR count). The van der Waals surface area contributed by atoms with Crippen molar-refractivity contribution in [3.05, 3.63) is 41.6 Å². The fourth-order valence-electron chi connectivity index (χ4n) is 1.66. The zero-order valence-electron chi connectivity index (χ0n) is 10.2. The summed E-state index contributed by atoms with van der Waals surface area (Å²) in [6.07, 6.45) is 3.26. The molecule has 0 saturated carbocycles. The van der Waals surface area contributed by atoms with Crippen molar-refractivity contribution in [3.8, 4) is 5.88 Å². The van der Waals surface area contributed by atoms with Crippen molar-refractivity contribution in [2.45, 2.75) is 11.5 Å². The molecule has 0 saturated heterocycles. The summed E-state index contributed by atoms with van der Waals surface area (Å²) in [7, 11) is 0. The van der Waals surface area contributed by atoms with Crippen LogP contribution in [-0.4, -0.2) is 27.3 Å². The average molecular weight is 279 g/mol. The summed E-state index contributed by atoms with van der Waals surface area (Å²) in [6.45, 7) is 0.159. The van der Waals surface area contributed by atoms with Crippen molar-refractivity contribution in [1.29, 1.82) is 0 Å². The summed E-state index contributed by atoms with van der Waals surface area (Å²) in [5, 5.41) is 12.7. The number of rotatable bonds is 5. The van der Waals surface area contributed by atoms with Gasteiger partial charge in [0.2, 0.25) is 11.8 Å². The van der Waals surface area contributed by atoms with Crippen LogP contribution in [0.15, 0.2) is 35.4 Å². The number of thioether (sulfide) groups is 1. The van der Waals surface area contributed by atoms with Gasteiger partial charge in [-0.3, -0.25) is 4.79 Å². The second-order valence-corrected chi connectivity index (χ2v) is 4.56. The van der Waals surface area contributed by atoms with Crippen LogP contribution in [0.4, 0.5) is 0 Å². The molecule has 0 atom stereocenters. The molecule has 0 spiro atoms. The molecule has 19 heavy (non-hydrogen) atoms. The van der Waals surface area contributed by atoms with Crippen LogP contribution in [0.1, 0.15) is 15.9 Å². The van der Waals surface area contributed by atoms with Gasteiger partial charge in [-0.05, 0) is 18.4 Å². The van der Waals surface area contributed by atoms with Crippen molar-refractivity contribution < 1.29 is 14.7 Å². The normalized spacial score (nSPS) is 10.4. The molecule has 0 aliphatic heterocycles. The number of amides is 1. The lowest BCUT2D eigenvalue weighted by molar-refractivity contribution is 0.0996. The highest BCUT2D eigenvalue weighted by Crippen LogP contribution is 2.24. The van der Waals surface area contributed by atoms with Gasteiger partial charge in [0.05, 0.1) is 6.20 Å². The number of aromatic nitrogens is 2. The minimum absolute atomic E-state index is 0.159. The van der Waals surface area contributed by atoms with E-state index < -0.39 is 5.91 Å². The smallest absolute Gasteiger partial charge is 0.249 e. The number of hydrogen-bond acceptors (Lipinski definition) is 5. The summed E-state index contributed by atoms with van der Waals surface area (Å²) < 4.78 is 5.43. The lowest BCUT2D eigenvalue weighted by atomic mass is 10.1. The lowest BCUT2D eigenvalue weighted by Gasteiger charge is -2.11. The van der Waals surface area contributed by atoms with Crippen LogP contribution in [0.5, 0.6) is 5.88 Å². The Morgan fingerprint density at radius 1 is 1.53 bits per heavy atom. The molecule has 3 N–H and O–H groups in total. The van der Waals surface area contributed by atoms with E-state index in [-0.39, 0.29) is 12.5 Å². The fraction of sp³-hybridized carbons (Fsp3) is 0.167. The summed E-state index contributed by atoms with van der Waals surface area (Å²) >= 11 is 1.50. The van der Waals surface area contributed by atoms with Crippen LogP contribution in [0.25, 0.3) is 0 Å². The van der Waals surface area contributed by atoms with Crippen LogP contribution in [0, 0.1) is 0 Å². The maximum atomic E-state index is 11.4. The van der Waals surface area contributed by atoms with Crippen LogP contribution >= 0.6 is 11.8 Å². The SMILES string of the molecule is CSc1cccc(C(N)=O)c1COc1ccn(O)n1. The molecule has 2 aromatic rings. The van der Waals surface area contributed by atoms with E-state index in [1.54, 1.807) is 12.1 Å². The van der Waals surface area contributed by atoms with E-state index in [2.05, 4.69) is 5.10 Å². The maximum Gasteiger partial charge on any atom is 0.249 e. The summed E-state index contributed by atoms with van der Waals surface area (Å²) in [6, 6.07) is 6.84. The minimum atomic E-state index is -0.498. The fourth-order valence-corrected chi connectivity index (χ4v) is 2.29. The first-order valence-electron chi connectivity index (χ1n) is 5.45. The predicted octanol–water partition coefficient (Wildman–Crippen LogP) is 1.52. The second-order valence-electron chi connectivity index (χ2n) is 3.71. The Bertz CT molecular complexity index is 598. The third kappa shape index (κ3) is 3.00. The van der Waals surface area contributed by atoms with E-state index in [0.29, 0.717) is 10.4 Å². The zero-order chi connectivity index (χ0) is 13.8. The summed E-state index contributed by atoms with van der Waals surface area (Å²) in [5.74, 6) is -0.226. The third-order valence-corrected chi connectivity index (χ3v) is 3.36. The van der Waals surface area contributed by atoms with Crippen molar-refractivity contribution in [2.24, 2.45) is 5.73 Å². The first-order chi connectivity index (χ1) is 9.11. The first-order valence-corrected chi connectivity index (χ1v) is 6.67. The summed E-state index contributed by atoms with van der Waals surface area (Å²) in [5.41, 5.74) is 6.49. The number of primary amides is 1. The van der Waals surface area contributed by atoms with Gasteiger partial charge >= 0.3 is 0 Å². The van der Waals surface area contributed by atoms with Crippen molar-refractivity contribution >= 4 is 17.7 Å². The highest BCUT2D eigenvalue weighted by molar-refractivity contribution is 7.98. The van der Waals surface area contributed by atoms with E-state index in [9.17, 15) is 4.79 Å². The maximum absolute atomic E-state index is 11.4. The van der Waals surface area contributed by atoms with E-state index in [4.69, 9.17) is 15.7 Å². The summed E-state index contributed by atoms with van der Waals surface area (Å²) in [4.78, 5) is 13.0. The number of ether oxygens (including phenoxy) is 1. The Morgan fingerprint density at radius 2 is 2.32 bits per heavy atom. The van der Waals surface area contributed by atoms with E-state index >= 15 is 0 Å². The molecule has 1 amide bonds. The average Bonchev–Trinajstić information content (AvgIpc) is 2.81. The van der Waals surface area contributed by atoms with Gasteiger partial charge in [0, 0.05) is 22.1 Å². The van der Waals surface area contributed by atoms with Crippen LogP contribution in [0.2, 0.25) is 0 Å². The second kappa shape index (κ2) is 5.66. The number of benzene rings is 1. The topological polar surface area (TPSA) is 90.4 Å². The van der Waals surface area contributed by atoms with Crippen molar-refractivity contribution in [2.75, 3.05) is 6.26 Å². The van der Waals surface area contributed by atoms with Crippen LogP contribution in [-0.2, 0) is 6.61 Å². The quantitative estimate of drug-likeness (QED) is 0.639. The van der Waals surface area contributed by atoms with Crippen LogP contribution < -0.4 is 10.5 Å². The third-order valence-electron chi connectivity index (χ3n) is 2.53. The van der Waals surface area contributed by atoms with Gasteiger partial charge in [-0.2, -0.15) is 0 Å². The monoisotopic (exact) mass is 279 g/mol. The molecular formula is C12H13N3O3S. The van der Waals surface area contributed by atoms with Crippen molar-refractivity contribution in [3.63, 3.8) is 0 Å². The van der Waals surface area contributed by atoms with E-state index in [1.165, 1.54) is 24.0 Å². The molecule has 0 aliphatic carbocycles.